The number of hydrogen-bond acceptors (Lipinski definition) is 7. The number of hydrogen-bond donors (Lipinski definition) is 1. The minimum atomic E-state index is -4.08. The number of benzene rings is 2. The Hall–Kier alpha value is -3.50. The molecule has 2 aromatic rings. The van der Waals surface area contributed by atoms with E-state index in [1.165, 1.54) is 54.5 Å². The highest BCUT2D eigenvalue weighted by atomic mass is 32.2. The lowest BCUT2D eigenvalue weighted by Crippen LogP contribution is -2.53. The molecule has 166 valence electrons. The van der Waals surface area contributed by atoms with E-state index in [-0.39, 0.29) is 33.6 Å². The molecule has 0 bridgehead atoms. The molecule has 0 aromatic heterocycles. The molecule has 10 heteroatoms. The molecule has 1 N–H and O–H groups in total. The van der Waals surface area contributed by atoms with Crippen LogP contribution in [0.15, 0.2) is 65.6 Å². The van der Waals surface area contributed by atoms with E-state index in [4.69, 9.17) is 21.1 Å². The minimum absolute atomic E-state index is 0.000286. The number of nitrogens with one attached hydrogen (secondary N) is 1. The van der Waals surface area contributed by atoms with Crippen molar-refractivity contribution < 1.29 is 26.9 Å². The third-order valence-electron chi connectivity index (χ3n) is 4.51. The van der Waals surface area contributed by atoms with E-state index >= 15 is 0 Å². The van der Waals surface area contributed by atoms with Crippen LogP contribution in [0.1, 0.15) is 11.1 Å². The van der Waals surface area contributed by atoms with Gasteiger partial charge in [-0.15, -0.1) is 6.58 Å². The molecule has 2 aromatic carbocycles. The second-order valence-corrected chi connectivity index (χ2v) is 8.72. The summed E-state index contributed by atoms with van der Waals surface area (Å²) in [7, 11) is -2.74. The molecule has 3 rings (SSSR count). The first-order valence-corrected chi connectivity index (χ1v) is 11.2. The molecule has 8 nitrogen and oxygen atoms in total. The van der Waals surface area contributed by atoms with Crippen LogP contribution < -0.4 is 14.2 Å². The van der Waals surface area contributed by atoms with Crippen molar-refractivity contribution in [2.45, 2.75) is 11.8 Å². The number of thiocarbonyl (C=S) groups is 1. The van der Waals surface area contributed by atoms with Crippen LogP contribution in [-0.4, -0.2) is 43.9 Å². The Morgan fingerprint density at radius 2 is 1.81 bits per heavy atom. The van der Waals surface area contributed by atoms with Crippen LogP contribution in [0.25, 0.3) is 6.08 Å². The Morgan fingerprint density at radius 3 is 2.44 bits per heavy atom. The third-order valence-corrected chi connectivity index (χ3v) is 6.08. The van der Waals surface area contributed by atoms with E-state index in [1.54, 1.807) is 12.1 Å². The van der Waals surface area contributed by atoms with Crippen LogP contribution in [0.5, 0.6) is 11.5 Å². The molecule has 0 radical (unpaired) electrons. The molecular weight excluding hydrogens is 452 g/mol. The van der Waals surface area contributed by atoms with E-state index < -0.39 is 21.9 Å². The van der Waals surface area contributed by atoms with Gasteiger partial charge in [-0.05, 0) is 55.0 Å². The molecule has 0 spiro atoms. The molecule has 1 heterocycles. The Kier molecular flexibility index (Phi) is 6.75. The van der Waals surface area contributed by atoms with Gasteiger partial charge in [0, 0.05) is 6.54 Å². The largest absolute Gasteiger partial charge is 0.493 e. The summed E-state index contributed by atoms with van der Waals surface area (Å²) in [6.07, 6.45) is 2.85. The zero-order chi connectivity index (χ0) is 23.5. The average Bonchev–Trinajstić information content (AvgIpc) is 2.75. The van der Waals surface area contributed by atoms with E-state index in [1.807, 2.05) is 6.92 Å². The van der Waals surface area contributed by atoms with Crippen LogP contribution in [-0.2, 0) is 19.7 Å². The Labute approximate surface area is 191 Å². The third kappa shape index (κ3) is 4.87. The van der Waals surface area contributed by atoms with Crippen LogP contribution in [0, 0.1) is 6.92 Å². The molecule has 32 heavy (non-hydrogen) atoms. The summed E-state index contributed by atoms with van der Waals surface area (Å²) in [6.45, 7) is 5.56. The van der Waals surface area contributed by atoms with Gasteiger partial charge in [-0.1, -0.05) is 29.8 Å². The van der Waals surface area contributed by atoms with Crippen LogP contribution in [0.2, 0.25) is 0 Å². The highest BCUT2D eigenvalue weighted by Crippen LogP contribution is 2.32. The van der Waals surface area contributed by atoms with Crippen LogP contribution in [0.4, 0.5) is 0 Å². The van der Waals surface area contributed by atoms with Crippen molar-refractivity contribution in [3.63, 3.8) is 0 Å². The number of carbonyl (C=O) groups excluding carboxylic acids is 2. The summed E-state index contributed by atoms with van der Waals surface area (Å²) in [5.41, 5.74) is 1.20. The van der Waals surface area contributed by atoms with Crippen LogP contribution >= 0.6 is 12.2 Å². The first kappa shape index (κ1) is 23.2. The first-order chi connectivity index (χ1) is 15.2. The molecule has 0 atom stereocenters. The second-order valence-electron chi connectivity index (χ2n) is 6.78. The number of amides is 2. The number of ether oxygens (including phenoxy) is 1. The second kappa shape index (κ2) is 9.33. The number of carbonyl (C=O) groups is 2. The fourth-order valence-electron chi connectivity index (χ4n) is 2.87. The summed E-state index contributed by atoms with van der Waals surface area (Å²) in [5, 5.41) is 2.45. The van der Waals surface area contributed by atoms with Gasteiger partial charge >= 0.3 is 10.1 Å². The van der Waals surface area contributed by atoms with E-state index in [0.29, 0.717) is 5.56 Å². The minimum Gasteiger partial charge on any atom is -0.493 e. The smallest absolute Gasteiger partial charge is 0.339 e. The molecule has 1 fully saturated rings. The fraction of sp³-hybridized carbons (Fsp3) is 0.136. The lowest BCUT2D eigenvalue weighted by molar-refractivity contribution is -0.128. The summed E-state index contributed by atoms with van der Waals surface area (Å²) < 4.78 is 35.7. The maximum Gasteiger partial charge on any atom is 0.339 e. The lowest BCUT2D eigenvalue weighted by Gasteiger charge is -2.27. The number of aryl methyl sites for hydroxylation is 1. The van der Waals surface area contributed by atoms with Gasteiger partial charge in [-0.2, -0.15) is 8.42 Å². The first-order valence-electron chi connectivity index (χ1n) is 9.35. The fourth-order valence-corrected chi connectivity index (χ4v) is 4.06. The maximum atomic E-state index is 12.7. The van der Waals surface area contributed by atoms with Crippen molar-refractivity contribution >= 4 is 45.3 Å². The summed E-state index contributed by atoms with van der Waals surface area (Å²) >= 11 is 5.02. The molecule has 1 aliphatic rings. The van der Waals surface area contributed by atoms with Crippen molar-refractivity contribution in [2.24, 2.45) is 0 Å². The highest BCUT2D eigenvalue weighted by molar-refractivity contribution is 7.87. The zero-order valence-corrected chi connectivity index (χ0v) is 19.0. The number of nitrogens with zero attached hydrogens (tertiary/aromatic N) is 1. The van der Waals surface area contributed by atoms with Crippen LogP contribution in [0.3, 0.4) is 0 Å². The molecule has 0 saturated carbocycles. The molecular formula is C22H20N2O6S2. The quantitative estimate of drug-likeness (QED) is 0.217. The monoisotopic (exact) mass is 472 g/mol. The van der Waals surface area contributed by atoms with Crippen molar-refractivity contribution in [1.82, 2.24) is 10.2 Å². The summed E-state index contributed by atoms with van der Waals surface area (Å²) in [6, 6.07) is 10.6. The number of methoxy groups -OCH3 is 1. The molecule has 1 aliphatic heterocycles. The highest BCUT2D eigenvalue weighted by Gasteiger charge is 2.32. The SMILES string of the molecule is C=CCN1C(=O)/C(=C/c2ccc(OS(=O)(=O)c3ccc(C)cc3)c(OC)c2)C(=O)NC1=S. The predicted molar refractivity (Wildman–Crippen MR) is 123 cm³/mol. The summed E-state index contributed by atoms with van der Waals surface area (Å²) in [5.74, 6) is -1.14. The van der Waals surface area contributed by atoms with E-state index in [2.05, 4.69) is 11.9 Å². The van der Waals surface area contributed by atoms with Gasteiger partial charge in [-0.25, -0.2) is 0 Å². The molecule has 0 aliphatic carbocycles. The van der Waals surface area contributed by atoms with Gasteiger partial charge < -0.3 is 8.92 Å². The van der Waals surface area contributed by atoms with Gasteiger partial charge in [-0.3, -0.25) is 19.8 Å². The van der Waals surface area contributed by atoms with Crippen molar-refractivity contribution in [3.05, 3.63) is 71.8 Å². The van der Waals surface area contributed by atoms with Gasteiger partial charge in [0.05, 0.1) is 7.11 Å². The molecule has 2 amide bonds. The Balaban J connectivity index is 1.92. The topological polar surface area (TPSA) is 102 Å². The molecule has 0 unspecified atom stereocenters. The lowest BCUT2D eigenvalue weighted by atomic mass is 10.1. The Bertz CT molecular complexity index is 1230. The van der Waals surface area contributed by atoms with Gasteiger partial charge in [0.2, 0.25) is 0 Å². The predicted octanol–water partition coefficient (Wildman–Crippen LogP) is 2.58. The van der Waals surface area contributed by atoms with Gasteiger partial charge in [0.15, 0.2) is 16.6 Å². The van der Waals surface area contributed by atoms with E-state index in [0.717, 1.165) is 5.56 Å². The number of rotatable bonds is 7. The normalized spacial score (nSPS) is 15.5. The average molecular weight is 473 g/mol. The maximum absolute atomic E-state index is 12.7. The standard InChI is InChI=1S/C22H20N2O6S2/c1-4-11-24-21(26)17(20(25)23-22(24)31)12-15-7-10-18(19(13-15)29-3)30-32(27,28)16-8-5-14(2)6-9-16/h4-10,12-13H,1,11H2,2-3H3,(H,23,25,31)/b17-12+. The van der Waals surface area contributed by atoms with Crippen molar-refractivity contribution in [3.8, 4) is 11.5 Å². The Morgan fingerprint density at radius 1 is 1.12 bits per heavy atom. The van der Waals surface area contributed by atoms with E-state index in [9.17, 15) is 18.0 Å². The van der Waals surface area contributed by atoms with Crippen molar-refractivity contribution in [2.75, 3.05) is 13.7 Å². The zero-order valence-electron chi connectivity index (χ0n) is 17.3. The summed E-state index contributed by atoms with van der Waals surface area (Å²) in [4.78, 5) is 26.1. The van der Waals surface area contributed by atoms with Crippen molar-refractivity contribution in [1.29, 1.82) is 0 Å². The van der Waals surface area contributed by atoms with Gasteiger partial charge in [0.25, 0.3) is 11.8 Å². The van der Waals surface area contributed by atoms with Gasteiger partial charge in [0.1, 0.15) is 10.5 Å². The molecule has 1 saturated heterocycles.